The molecule has 4 saturated carbocycles. The first-order valence-electron chi connectivity index (χ1n) is 8.12. The van der Waals surface area contributed by atoms with Gasteiger partial charge in [-0.05, 0) is 79.7 Å². The van der Waals surface area contributed by atoms with Gasteiger partial charge in [0, 0.05) is 4.47 Å². The molecule has 0 heterocycles. The highest BCUT2D eigenvalue weighted by atomic mass is 79.9. The fourth-order valence-corrected chi connectivity index (χ4v) is 6.07. The van der Waals surface area contributed by atoms with Gasteiger partial charge in [-0.3, -0.25) is 0 Å². The molecule has 0 radical (unpaired) electrons. The quantitative estimate of drug-likeness (QED) is 0.867. The molecule has 5 rings (SSSR count). The summed E-state index contributed by atoms with van der Waals surface area (Å²) >= 11 is 3.62. The summed E-state index contributed by atoms with van der Waals surface area (Å²) in [6.45, 7) is 0. The molecule has 20 heavy (non-hydrogen) atoms. The first-order valence-corrected chi connectivity index (χ1v) is 8.91. The van der Waals surface area contributed by atoms with Crippen LogP contribution in [0.15, 0.2) is 28.7 Å². The van der Waals surface area contributed by atoms with Crippen LogP contribution in [0.25, 0.3) is 0 Å². The van der Waals surface area contributed by atoms with E-state index < -0.39 is 0 Å². The molecular formula is C18H23BrO. The molecule has 4 aliphatic rings. The van der Waals surface area contributed by atoms with Crippen molar-refractivity contribution in [2.45, 2.75) is 44.6 Å². The van der Waals surface area contributed by atoms with Gasteiger partial charge < -0.3 is 5.11 Å². The van der Waals surface area contributed by atoms with E-state index in [0.717, 1.165) is 34.6 Å². The summed E-state index contributed by atoms with van der Waals surface area (Å²) in [5.41, 5.74) is 1.26. The second-order valence-corrected chi connectivity index (χ2v) is 8.23. The Morgan fingerprint density at radius 3 is 2.20 bits per heavy atom. The maximum absolute atomic E-state index is 10.8. The van der Waals surface area contributed by atoms with Crippen LogP contribution in [-0.2, 0) is 6.42 Å². The Morgan fingerprint density at radius 1 is 1.00 bits per heavy atom. The number of hydrogen-bond donors (Lipinski definition) is 1. The molecule has 4 fully saturated rings. The van der Waals surface area contributed by atoms with E-state index in [4.69, 9.17) is 0 Å². The van der Waals surface area contributed by atoms with Gasteiger partial charge in [0.15, 0.2) is 0 Å². The van der Waals surface area contributed by atoms with Gasteiger partial charge in [0.1, 0.15) is 0 Å². The van der Waals surface area contributed by atoms with E-state index >= 15 is 0 Å². The molecule has 0 aromatic heterocycles. The van der Waals surface area contributed by atoms with Gasteiger partial charge in [0.2, 0.25) is 0 Å². The number of hydrogen-bond acceptors (Lipinski definition) is 1. The molecule has 2 heteroatoms. The van der Waals surface area contributed by atoms with Crippen molar-refractivity contribution in [3.8, 4) is 0 Å². The Kier molecular flexibility index (Phi) is 3.42. The van der Waals surface area contributed by atoms with Gasteiger partial charge >= 0.3 is 0 Å². The fourth-order valence-electron chi connectivity index (χ4n) is 5.62. The van der Waals surface area contributed by atoms with Crippen LogP contribution in [0.4, 0.5) is 0 Å². The normalized spacial score (nSPS) is 40.0. The van der Waals surface area contributed by atoms with E-state index in [1.54, 1.807) is 0 Å². The van der Waals surface area contributed by atoms with E-state index in [1.807, 2.05) is 6.07 Å². The largest absolute Gasteiger partial charge is 0.392 e. The van der Waals surface area contributed by atoms with Crippen molar-refractivity contribution in [3.63, 3.8) is 0 Å². The number of halogens is 1. The van der Waals surface area contributed by atoms with Crippen LogP contribution in [0.1, 0.15) is 37.7 Å². The Balaban J connectivity index is 1.51. The Hall–Kier alpha value is -0.340. The lowest BCUT2D eigenvalue weighted by Crippen LogP contribution is -2.49. The highest BCUT2D eigenvalue weighted by Gasteiger charge is 2.50. The lowest BCUT2D eigenvalue weighted by molar-refractivity contribution is -0.0888. The molecule has 1 N–H and O–H groups in total. The van der Waals surface area contributed by atoms with Crippen LogP contribution in [0.2, 0.25) is 0 Å². The second kappa shape index (κ2) is 5.14. The number of aliphatic hydroxyl groups excluding tert-OH is 1. The zero-order chi connectivity index (χ0) is 13.7. The lowest BCUT2D eigenvalue weighted by Gasteiger charge is -2.55. The first kappa shape index (κ1) is 13.3. The maximum atomic E-state index is 10.8. The molecule has 1 atom stereocenters. The van der Waals surface area contributed by atoms with E-state index in [1.165, 1.54) is 37.7 Å². The third-order valence-electron chi connectivity index (χ3n) is 6.13. The smallest absolute Gasteiger partial charge is 0.0614 e. The molecule has 108 valence electrons. The minimum atomic E-state index is -0.149. The number of benzene rings is 1. The Bertz CT molecular complexity index is 470. The maximum Gasteiger partial charge on any atom is 0.0614 e. The average Bonchev–Trinajstić information content (AvgIpc) is 2.40. The van der Waals surface area contributed by atoms with Gasteiger partial charge in [-0.1, -0.05) is 34.1 Å². The summed E-state index contributed by atoms with van der Waals surface area (Å²) in [6, 6.07) is 8.34. The predicted octanol–water partition coefficient (Wildman–Crippen LogP) is 4.42. The third kappa shape index (κ3) is 2.25. The van der Waals surface area contributed by atoms with Crippen molar-refractivity contribution in [1.82, 2.24) is 0 Å². The van der Waals surface area contributed by atoms with Crippen molar-refractivity contribution < 1.29 is 5.11 Å². The molecule has 1 unspecified atom stereocenters. The van der Waals surface area contributed by atoms with Crippen LogP contribution in [0, 0.1) is 29.6 Å². The minimum absolute atomic E-state index is 0.149. The molecule has 1 aromatic rings. The van der Waals surface area contributed by atoms with Crippen molar-refractivity contribution in [1.29, 1.82) is 0 Å². The Morgan fingerprint density at radius 2 is 1.60 bits per heavy atom. The molecule has 4 aliphatic carbocycles. The zero-order valence-corrected chi connectivity index (χ0v) is 13.4. The lowest BCUT2D eigenvalue weighted by atomic mass is 9.50. The summed E-state index contributed by atoms with van der Waals surface area (Å²) in [5, 5.41) is 10.8. The van der Waals surface area contributed by atoms with Gasteiger partial charge in [-0.25, -0.2) is 0 Å². The van der Waals surface area contributed by atoms with E-state index in [0.29, 0.717) is 5.92 Å². The molecule has 0 amide bonds. The van der Waals surface area contributed by atoms with Crippen LogP contribution in [0.3, 0.4) is 0 Å². The monoisotopic (exact) mass is 334 g/mol. The van der Waals surface area contributed by atoms with Gasteiger partial charge in [0.25, 0.3) is 0 Å². The summed E-state index contributed by atoms with van der Waals surface area (Å²) in [7, 11) is 0. The van der Waals surface area contributed by atoms with Crippen molar-refractivity contribution in [2.75, 3.05) is 0 Å². The minimum Gasteiger partial charge on any atom is -0.392 e. The highest BCUT2D eigenvalue weighted by Crippen LogP contribution is 2.57. The van der Waals surface area contributed by atoms with Crippen LogP contribution >= 0.6 is 15.9 Å². The summed E-state index contributed by atoms with van der Waals surface area (Å²) in [5.74, 6) is 4.16. The summed E-state index contributed by atoms with van der Waals surface area (Å²) in [4.78, 5) is 0. The molecule has 4 bridgehead atoms. The zero-order valence-electron chi connectivity index (χ0n) is 11.8. The average molecular weight is 335 g/mol. The fraction of sp³-hybridized carbons (Fsp3) is 0.667. The molecule has 1 aromatic carbocycles. The van der Waals surface area contributed by atoms with E-state index in [2.05, 4.69) is 34.1 Å². The number of aliphatic hydroxyl groups is 1. The SMILES string of the molecule is OC(Cc1ccccc1Br)C1C2CC3CC(C2)CC1C3. The van der Waals surface area contributed by atoms with Crippen LogP contribution in [0.5, 0.6) is 0 Å². The number of rotatable bonds is 3. The Labute approximate surface area is 129 Å². The van der Waals surface area contributed by atoms with Crippen molar-refractivity contribution >= 4 is 15.9 Å². The van der Waals surface area contributed by atoms with Crippen LogP contribution < -0.4 is 0 Å². The first-order chi connectivity index (χ1) is 9.70. The standard InChI is InChI=1S/C18H23BrO/c19-16-4-2-1-3-13(16)10-17(20)18-14-6-11-5-12(8-14)9-15(18)7-11/h1-4,11-12,14-15,17-18,20H,5-10H2. The van der Waals surface area contributed by atoms with Crippen LogP contribution in [-0.4, -0.2) is 11.2 Å². The highest BCUT2D eigenvalue weighted by molar-refractivity contribution is 9.10. The predicted molar refractivity (Wildman–Crippen MR) is 84.4 cm³/mol. The van der Waals surface area contributed by atoms with Crippen molar-refractivity contribution in [3.05, 3.63) is 34.3 Å². The van der Waals surface area contributed by atoms with Gasteiger partial charge in [-0.2, -0.15) is 0 Å². The third-order valence-corrected chi connectivity index (χ3v) is 6.90. The molecule has 0 saturated heterocycles. The van der Waals surface area contributed by atoms with Gasteiger partial charge in [0.05, 0.1) is 6.10 Å². The molecule has 1 nitrogen and oxygen atoms in total. The molecule has 0 spiro atoms. The van der Waals surface area contributed by atoms with E-state index in [-0.39, 0.29) is 6.10 Å². The summed E-state index contributed by atoms with van der Waals surface area (Å²) < 4.78 is 1.14. The van der Waals surface area contributed by atoms with Crippen molar-refractivity contribution in [2.24, 2.45) is 29.6 Å². The second-order valence-electron chi connectivity index (χ2n) is 7.37. The molecule has 0 aliphatic heterocycles. The topological polar surface area (TPSA) is 20.2 Å². The summed E-state index contributed by atoms with van der Waals surface area (Å²) in [6.07, 6.45) is 7.72. The van der Waals surface area contributed by atoms with E-state index in [9.17, 15) is 5.11 Å². The molecular weight excluding hydrogens is 312 g/mol. The van der Waals surface area contributed by atoms with Gasteiger partial charge in [-0.15, -0.1) is 0 Å².